The number of rotatable bonds is 3. The molecule has 2 nitrogen and oxygen atoms in total. The molecule has 17 heavy (non-hydrogen) atoms. The van der Waals surface area contributed by atoms with Crippen molar-refractivity contribution in [3.8, 4) is 5.75 Å². The van der Waals surface area contributed by atoms with Gasteiger partial charge in [-0.2, -0.15) is 0 Å². The molecular weight excluding hydrogens is 217 g/mol. The van der Waals surface area contributed by atoms with Gasteiger partial charge in [-0.1, -0.05) is 24.3 Å². The summed E-state index contributed by atoms with van der Waals surface area (Å²) in [6.45, 7) is 0. The minimum atomic E-state index is -0.254. The molecule has 0 radical (unpaired) electrons. The van der Waals surface area contributed by atoms with Gasteiger partial charge in [-0.25, -0.2) is 4.39 Å². The van der Waals surface area contributed by atoms with E-state index in [1.807, 2.05) is 24.3 Å². The molecule has 88 valence electrons. The predicted molar refractivity (Wildman–Crippen MR) is 65.4 cm³/mol. The lowest BCUT2D eigenvalue weighted by Gasteiger charge is -2.13. The summed E-state index contributed by atoms with van der Waals surface area (Å²) < 4.78 is 17.9. The molecule has 1 atom stereocenters. The fraction of sp³-hybridized carbons (Fsp3) is 0.143. The SMILES string of the molecule is COc1ccc([C@@H](N)c2ccc(F)cc2)cc1. The molecule has 2 N–H and O–H groups in total. The number of methoxy groups -OCH3 is 1. The Kier molecular flexibility index (Phi) is 3.40. The molecule has 2 aromatic rings. The quantitative estimate of drug-likeness (QED) is 0.881. The highest BCUT2D eigenvalue weighted by Crippen LogP contribution is 2.22. The van der Waals surface area contributed by atoms with E-state index in [1.165, 1.54) is 12.1 Å². The van der Waals surface area contributed by atoms with Gasteiger partial charge in [-0.3, -0.25) is 0 Å². The van der Waals surface area contributed by atoms with E-state index in [2.05, 4.69) is 0 Å². The average molecular weight is 231 g/mol. The van der Waals surface area contributed by atoms with E-state index in [0.29, 0.717) is 0 Å². The molecular formula is C14H14FNO. The Morgan fingerprint density at radius 1 is 0.941 bits per heavy atom. The molecule has 0 aliphatic rings. The Hall–Kier alpha value is -1.87. The van der Waals surface area contributed by atoms with Crippen LogP contribution in [0.4, 0.5) is 4.39 Å². The second-order valence-corrected chi connectivity index (χ2v) is 3.80. The van der Waals surface area contributed by atoms with Crippen LogP contribution in [-0.2, 0) is 0 Å². The van der Waals surface area contributed by atoms with E-state index in [9.17, 15) is 4.39 Å². The molecule has 0 saturated heterocycles. The van der Waals surface area contributed by atoms with Gasteiger partial charge in [-0.05, 0) is 35.4 Å². The molecule has 0 aromatic heterocycles. The first-order chi connectivity index (χ1) is 8.20. The van der Waals surface area contributed by atoms with Crippen LogP contribution in [-0.4, -0.2) is 7.11 Å². The maximum absolute atomic E-state index is 12.8. The van der Waals surface area contributed by atoms with Gasteiger partial charge in [0.05, 0.1) is 13.2 Å². The zero-order chi connectivity index (χ0) is 12.3. The number of hydrogen-bond acceptors (Lipinski definition) is 2. The van der Waals surface area contributed by atoms with Crippen molar-refractivity contribution in [3.63, 3.8) is 0 Å². The van der Waals surface area contributed by atoms with Crippen molar-refractivity contribution in [3.05, 3.63) is 65.5 Å². The molecule has 0 heterocycles. The third-order valence-corrected chi connectivity index (χ3v) is 2.70. The van der Waals surface area contributed by atoms with E-state index >= 15 is 0 Å². The number of ether oxygens (including phenoxy) is 1. The summed E-state index contributed by atoms with van der Waals surface area (Å²) in [4.78, 5) is 0. The standard InChI is InChI=1S/C14H14FNO/c1-17-13-8-4-11(5-9-13)14(16)10-2-6-12(15)7-3-10/h2-9,14H,16H2,1H3/t14-/m0/s1. The summed E-state index contributed by atoms with van der Waals surface area (Å²) in [5.74, 6) is 0.538. The van der Waals surface area contributed by atoms with Gasteiger partial charge in [0, 0.05) is 0 Å². The van der Waals surface area contributed by atoms with Crippen LogP contribution >= 0.6 is 0 Å². The minimum absolute atomic E-state index is 0.249. The molecule has 2 rings (SSSR count). The largest absolute Gasteiger partial charge is 0.497 e. The number of benzene rings is 2. The third kappa shape index (κ3) is 2.63. The highest BCUT2D eigenvalue weighted by Gasteiger charge is 2.08. The summed E-state index contributed by atoms with van der Waals surface area (Å²) in [5.41, 5.74) is 7.95. The molecule has 0 amide bonds. The van der Waals surface area contributed by atoms with Crippen LogP contribution in [0.15, 0.2) is 48.5 Å². The van der Waals surface area contributed by atoms with Gasteiger partial charge in [0.25, 0.3) is 0 Å². The molecule has 0 fully saturated rings. The number of hydrogen-bond donors (Lipinski definition) is 1. The van der Waals surface area contributed by atoms with Crippen molar-refractivity contribution >= 4 is 0 Å². The van der Waals surface area contributed by atoms with Crippen molar-refractivity contribution in [2.45, 2.75) is 6.04 Å². The normalized spacial score (nSPS) is 12.2. The van der Waals surface area contributed by atoms with Crippen LogP contribution in [0.25, 0.3) is 0 Å². The van der Waals surface area contributed by atoms with Gasteiger partial charge in [0.1, 0.15) is 11.6 Å². The van der Waals surface area contributed by atoms with Crippen molar-refractivity contribution in [1.29, 1.82) is 0 Å². The first-order valence-electron chi connectivity index (χ1n) is 5.35. The number of nitrogens with two attached hydrogens (primary N) is 1. The van der Waals surface area contributed by atoms with Gasteiger partial charge in [0.2, 0.25) is 0 Å². The van der Waals surface area contributed by atoms with Crippen LogP contribution in [0.1, 0.15) is 17.2 Å². The maximum Gasteiger partial charge on any atom is 0.123 e. The molecule has 0 unspecified atom stereocenters. The second kappa shape index (κ2) is 4.97. The van der Waals surface area contributed by atoms with Crippen LogP contribution in [0.3, 0.4) is 0 Å². The molecule has 0 aliphatic heterocycles. The zero-order valence-electron chi connectivity index (χ0n) is 9.56. The maximum atomic E-state index is 12.8. The summed E-state index contributed by atoms with van der Waals surface area (Å²) in [6.07, 6.45) is 0. The minimum Gasteiger partial charge on any atom is -0.497 e. The molecule has 3 heteroatoms. The van der Waals surface area contributed by atoms with Gasteiger partial charge < -0.3 is 10.5 Å². The van der Waals surface area contributed by atoms with Gasteiger partial charge in [0.15, 0.2) is 0 Å². The molecule has 0 aliphatic carbocycles. The fourth-order valence-electron chi connectivity index (χ4n) is 1.67. The van der Waals surface area contributed by atoms with E-state index in [0.717, 1.165) is 16.9 Å². The fourth-order valence-corrected chi connectivity index (χ4v) is 1.67. The summed E-state index contributed by atoms with van der Waals surface area (Å²) >= 11 is 0. The molecule has 0 saturated carbocycles. The monoisotopic (exact) mass is 231 g/mol. The lowest BCUT2D eigenvalue weighted by Crippen LogP contribution is -2.11. The van der Waals surface area contributed by atoms with Crippen molar-refractivity contribution in [2.24, 2.45) is 5.73 Å². The van der Waals surface area contributed by atoms with E-state index in [4.69, 9.17) is 10.5 Å². The highest BCUT2D eigenvalue weighted by atomic mass is 19.1. The van der Waals surface area contributed by atoms with E-state index < -0.39 is 0 Å². The van der Waals surface area contributed by atoms with Crippen LogP contribution in [0.5, 0.6) is 5.75 Å². The average Bonchev–Trinajstić information content (AvgIpc) is 2.39. The molecule has 2 aromatic carbocycles. The van der Waals surface area contributed by atoms with Crippen LogP contribution < -0.4 is 10.5 Å². The van der Waals surface area contributed by atoms with Crippen molar-refractivity contribution in [2.75, 3.05) is 7.11 Å². The Morgan fingerprint density at radius 3 is 1.88 bits per heavy atom. The zero-order valence-corrected chi connectivity index (χ0v) is 9.56. The summed E-state index contributed by atoms with van der Waals surface area (Å²) in [5, 5.41) is 0. The first kappa shape index (κ1) is 11.6. The lowest BCUT2D eigenvalue weighted by atomic mass is 10.00. The highest BCUT2D eigenvalue weighted by molar-refractivity contribution is 5.35. The summed E-state index contributed by atoms with van der Waals surface area (Å²) in [7, 11) is 1.62. The number of halogens is 1. The van der Waals surface area contributed by atoms with Crippen molar-refractivity contribution in [1.82, 2.24) is 0 Å². The topological polar surface area (TPSA) is 35.2 Å². The third-order valence-electron chi connectivity index (χ3n) is 2.70. The van der Waals surface area contributed by atoms with Gasteiger partial charge >= 0.3 is 0 Å². The Morgan fingerprint density at radius 2 is 1.41 bits per heavy atom. The smallest absolute Gasteiger partial charge is 0.123 e. The van der Waals surface area contributed by atoms with Crippen LogP contribution in [0.2, 0.25) is 0 Å². The Bertz CT molecular complexity index is 479. The molecule has 0 bridgehead atoms. The first-order valence-corrected chi connectivity index (χ1v) is 5.35. The van der Waals surface area contributed by atoms with Crippen LogP contribution in [0, 0.1) is 5.82 Å². The lowest BCUT2D eigenvalue weighted by molar-refractivity contribution is 0.414. The van der Waals surface area contributed by atoms with E-state index in [-0.39, 0.29) is 11.9 Å². The van der Waals surface area contributed by atoms with E-state index in [1.54, 1.807) is 19.2 Å². The Balaban J connectivity index is 2.23. The predicted octanol–water partition coefficient (Wildman–Crippen LogP) is 2.88. The van der Waals surface area contributed by atoms with Gasteiger partial charge in [-0.15, -0.1) is 0 Å². The summed E-state index contributed by atoms with van der Waals surface area (Å²) in [6, 6.07) is 13.5. The second-order valence-electron chi connectivity index (χ2n) is 3.80. The molecule has 0 spiro atoms. The van der Waals surface area contributed by atoms with Crippen molar-refractivity contribution < 1.29 is 9.13 Å². The Labute approximate surface area is 99.8 Å².